The van der Waals surface area contributed by atoms with Gasteiger partial charge in [-0.15, -0.1) is 0 Å². The predicted molar refractivity (Wildman–Crippen MR) is 48.1 cm³/mol. The summed E-state index contributed by atoms with van der Waals surface area (Å²) in [6, 6.07) is 2.31. The maximum absolute atomic E-state index is 5.86. The van der Waals surface area contributed by atoms with Crippen LogP contribution in [-0.4, -0.2) is 19.1 Å². The van der Waals surface area contributed by atoms with Gasteiger partial charge in [0.25, 0.3) is 0 Å². The van der Waals surface area contributed by atoms with Crippen LogP contribution in [0.3, 0.4) is 0 Å². The summed E-state index contributed by atoms with van der Waals surface area (Å²) in [5.41, 5.74) is 7.02. The molecule has 1 atom stereocenters. The van der Waals surface area contributed by atoms with Gasteiger partial charge in [0.2, 0.25) is 0 Å². The first-order valence-corrected chi connectivity index (χ1v) is 4.39. The summed E-state index contributed by atoms with van der Waals surface area (Å²) in [6.07, 6.45) is 5.81. The first-order chi connectivity index (χ1) is 5.86. The summed E-state index contributed by atoms with van der Waals surface area (Å²) in [6.45, 7) is 2.06. The highest BCUT2D eigenvalue weighted by molar-refractivity contribution is 5.43. The van der Waals surface area contributed by atoms with Crippen molar-refractivity contribution in [3.63, 3.8) is 0 Å². The molecular formula is C9H14N2O. The average Bonchev–Trinajstić information content (AvgIpc) is 2.56. The van der Waals surface area contributed by atoms with Crippen LogP contribution >= 0.6 is 0 Å². The fourth-order valence-electron chi connectivity index (χ4n) is 1.68. The Morgan fingerprint density at radius 2 is 2.50 bits per heavy atom. The Balaban J connectivity index is 2.04. The minimum atomic E-state index is 0.327. The van der Waals surface area contributed by atoms with Crippen molar-refractivity contribution >= 4 is 5.69 Å². The summed E-state index contributed by atoms with van der Waals surface area (Å²) in [4.78, 5) is 2.28. The molecule has 1 unspecified atom stereocenters. The van der Waals surface area contributed by atoms with Gasteiger partial charge in [0.05, 0.1) is 12.0 Å². The lowest BCUT2D eigenvalue weighted by molar-refractivity contribution is 0.502. The normalized spacial score (nSPS) is 24.4. The molecule has 12 heavy (non-hydrogen) atoms. The molecule has 2 rings (SSSR count). The number of hydrogen-bond acceptors (Lipinski definition) is 3. The zero-order valence-electron chi connectivity index (χ0n) is 7.07. The highest BCUT2D eigenvalue weighted by Crippen LogP contribution is 2.19. The monoisotopic (exact) mass is 166 g/mol. The van der Waals surface area contributed by atoms with E-state index in [2.05, 4.69) is 4.90 Å². The number of hydrogen-bond donors (Lipinski definition) is 1. The van der Waals surface area contributed by atoms with Gasteiger partial charge in [-0.3, -0.25) is 0 Å². The molecule has 0 aliphatic carbocycles. The molecule has 0 bridgehead atoms. The minimum absolute atomic E-state index is 0.327. The van der Waals surface area contributed by atoms with Gasteiger partial charge >= 0.3 is 0 Å². The molecule has 3 heteroatoms. The molecule has 1 aliphatic rings. The number of nitrogens with two attached hydrogens (primary N) is 1. The van der Waals surface area contributed by atoms with E-state index in [4.69, 9.17) is 10.2 Å². The zero-order valence-corrected chi connectivity index (χ0v) is 7.07. The van der Waals surface area contributed by atoms with Crippen molar-refractivity contribution in [2.45, 2.75) is 18.9 Å². The molecule has 0 saturated carbocycles. The second-order valence-electron chi connectivity index (χ2n) is 3.33. The lowest BCUT2D eigenvalue weighted by atomic mass is 10.1. The van der Waals surface area contributed by atoms with Gasteiger partial charge < -0.3 is 15.1 Å². The Morgan fingerprint density at radius 3 is 3.17 bits per heavy atom. The van der Waals surface area contributed by atoms with Crippen LogP contribution in [0.15, 0.2) is 23.0 Å². The number of furan rings is 1. The Kier molecular flexibility index (Phi) is 2.04. The Morgan fingerprint density at radius 1 is 1.58 bits per heavy atom. The summed E-state index contributed by atoms with van der Waals surface area (Å²) in [7, 11) is 0. The summed E-state index contributed by atoms with van der Waals surface area (Å²) in [5.74, 6) is 0. The van der Waals surface area contributed by atoms with Crippen LogP contribution in [-0.2, 0) is 0 Å². The molecule has 1 aliphatic heterocycles. The fourth-order valence-corrected chi connectivity index (χ4v) is 1.68. The molecule has 1 saturated heterocycles. The van der Waals surface area contributed by atoms with Gasteiger partial charge in [-0.25, -0.2) is 0 Å². The maximum Gasteiger partial charge on any atom is 0.114 e. The molecule has 0 amide bonds. The van der Waals surface area contributed by atoms with E-state index in [-0.39, 0.29) is 0 Å². The van der Waals surface area contributed by atoms with Crippen molar-refractivity contribution in [1.29, 1.82) is 0 Å². The highest BCUT2D eigenvalue weighted by Gasteiger charge is 2.16. The second kappa shape index (κ2) is 3.19. The van der Waals surface area contributed by atoms with Gasteiger partial charge in [0.1, 0.15) is 6.26 Å². The first-order valence-electron chi connectivity index (χ1n) is 4.39. The maximum atomic E-state index is 5.86. The van der Waals surface area contributed by atoms with Crippen molar-refractivity contribution in [2.24, 2.45) is 5.73 Å². The van der Waals surface area contributed by atoms with Crippen LogP contribution in [0, 0.1) is 0 Å². The summed E-state index contributed by atoms with van der Waals surface area (Å²) in [5, 5.41) is 0. The Bertz CT molecular complexity index is 233. The Labute approximate surface area is 72.1 Å². The van der Waals surface area contributed by atoms with E-state index in [0.29, 0.717) is 6.04 Å². The number of rotatable bonds is 1. The molecule has 1 fully saturated rings. The SMILES string of the molecule is NC1CCCN(c2ccoc2)C1. The van der Waals surface area contributed by atoms with Gasteiger partial charge in [0.15, 0.2) is 0 Å². The third kappa shape index (κ3) is 1.46. The molecule has 1 aromatic heterocycles. The third-order valence-electron chi connectivity index (χ3n) is 2.33. The van der Waals surface area contributed by atoms with Crippen LogP contribution in [0.2, 0.25) is 0 Å². The van der Waals surface area contributed by atoms with E-state index < -0.39 is 0 Å². The average molecular weight is 166 g/mol. The fraction of sp³-hybridized carbons (Fsp3) is 0.556. The van der Waals surface area contributed by atoms with E-state index >= 15 is 0 Å². The third-order valence-corrected chi connectivity index (χ3v) is 2.33. The quantitative estimate of drug-likeness (QED) is 0.681. The van der Waals surface area contributed by atoms with E-state index in [0.717, 1.165) is 25.2 Å². The lowest BCUT2D eigenvalue weighted by Gasteiger charge is -2.31. The van der Waals surface area contributed by atoms with Crippen molar-refractivity contribution in [1.82, 2.24) is 0 Å². The van der Waals surface area contributed by atoms with Crippen LogP contribution in [0.25, 0.3) is 0 Å². The molecule has 3 nitrogen and oxygen atoms in total. The molecular weight excluding hydrogens is 152 g/mol. The molecule has 0 aromatic carbocycles. The molecule has 0 spiro atoms. The molecule has 2 heterocycles. The van der Waals surface area contributed by atoms with Crippen LogP contribution < -0.4 is 10.6 Å². The summed E-state index contributed by atoms with van der Waals surface area (Å²) < 4.78 is 5.02. The van der Waals surface area contributed by atoms with Crippen molar-refractivity contribution < 1.29 is 4.42 Å². The molecule has 1 aromatic rings. The van der Waals surface area contributed by atoms with Crippen molar-refractivity contribution in [3.8, 4) is 0 Å². The van der Waals surface area contributed by atoms with Gasteiger partial charge in [0, 0.05) is 19.1 Å². The number of nitrogens with zero attached hydrogens (tertiary/aromatic N) is 1. The highest BCUT2D eigenvalue weighted by atomic mass is 16.3. The smallest absolute Gasteiger partial charge is 0.114 e. The van der Waals surface area contributed by atoms with Gasteiger partial charge in [-0.2, -0.15) is 0 Å². The van der Waals surface area contributed by atoms with Crippen LogP contribution in [0.4, 0.5) is 5.69 Å². The molecule has 66 valence electrons. The van der Waals surface area contributed by atoms with E-state index in [1.165, 1.54) is 6.42 Å². The van der Waals surface area contributed by atoms with E-state index in [1.54, 1.807) is 12.5 Å². The van der Waals surface area contributed by atoms with Crippen LogP contribution in [0.5, 0.6) is 0 Å². The molecule has 0 radical (unpaired) electrons. The Hall–Kier alpha value is -0.960. The zero-order chi connectivity index (χ0) is 8.39. The first kappa shape index (κ1) is 7.68. The standard InChI is InChI=1S/C9H14N2O/c10-8-2-1-4-11(6-8)9-3-5-12-7-9/h3,5,7-8H,1-2,4,6,10H2. The summed E-state index contributed by atoms with van der Waals surface area (Å²) >= 11 is 0. The van der Waals surface area contributed by atoms with Gasteiger partial charge in [-0.1, -0.05) is 0 Å². The van der Waals surface area contributed by atoms with E-state index in [9.17, 15) is 0 Å². The number of piperidine rings is 1. The largest absolute Gasteiger partial charge is 0.470 e. The van der Waals surface area contributed by atoms with Gasteiger partial charge in [-0.05, 0) is 18.9 Å². The minimum Gasteiger partial charge on any atom is -0.470 e. The van der Waals surface area contributed by atoms with Crippen molar-refractivity contribution in [2.75, 3.05) is 18.0 Å². The topological polar surface area (TPSA) is 42.4 Å². The number of anilines is 1. The predicted octanol–water partition coefficient (Wildman–Crippen LogP) is 1.21. The van der Waals surface area contributed by atoms with Crippen LogP contribution in [0.1, 0.15) is 12.8 Å². The van der Waals surface area contributed by atoms with E-state index in [1.807, 2.05) is 6.07 Å². The van der Waals surface area contributed by atoms with Crippen molar-refractivity contribution in [3.05, 3.63) is 18.6 Å². The molecule has 2 N–H and O–H groups in total. The lowest BCUT2D eigenvalue weighted by Crippen LogP contribution is -2.42. The second-order valence-corrected chi connectivity index (χ2v) is 3.33.